The zero-order valence-corrected chi connectivity index (χ0v) is 10.8. The number of carbonyl (C=O) groups is 2. The highest BCUT2D eigenvalue weighted by Crippen LogP contribution is 2.07. The molecule has 0 aliphatic carbocycles. The Morgan fingerprint density at radius 2 is 2.12 bits per heavy atom. The van der Waals surface area contributed by atoms with Crippen molar-refractivity contribution in [3.63, 3.8) is 0 Å². The minimum atomic E-state index is -0.110. The molecule has 94 valence electrons. The summed E-state index contributed by atoms with van der Waals surface area (Å²) in [6, 6.07) is 3.60. The lowest BCUT2D eigenvalue weighted by atomic mass is 10.3. The molecule has 1 aromatic heterocycles. The fourth-order valence-corrected chi connectivity index (χ4v) is 1.92. The first-order valence-corrected chi connectivity index (χ1v) is 6.70. The van der Waals surface area contributed by atoms with E-state index in [1.54, 1.807) is 6.07 Å². The van der Waals surface area contributed by atoms with Gasteiger partial charge in [-0.1, -0.05) is 19.4 Å². The molecule has 0 saturated heterocycles. The largest absolute Gasteiger partial charge is 0.356 e. The molecule has 2 N–H and O–H groups in total. The Morgan fingerprint density at radius 3 is 2.76 bits per heavy atom. The Bertz CT molecular complexity index is 349. The van der Waals surface area contributed by atoms with Crippen LogP contribution >= 0.6 is 11.3 Å². The molecular weight excluding hydrogens is 236 g/mol. The Hall–Kier alpha value is -1.36. The number of rotatable bonds is 7. The average Bonchev–Trinajstić information content (AvgIpc) is 2.82. The Labute approximate surface area is 105 Å². The lowest BCUT2D eigenvalue weighted by molar-refractivity contribution is -0.120. The highest BCUT2D eigenvalue weighted by Gasteiger charge is 2.06. The number of hydrogen-bond donors (Lipinski definition) is 2. The SMILES string of the molecule is CCCCNC(=O)CCNC(=O)c1cccs1. The van der Waals surface area contributed by atoms with Crippen molar-refractivity contribution in [3.8, 4) is 0 Å². The van der Waals surface area contributed by atoms with Crippen LogP contribution in [-0.2, 0) is 4.79 Å². The molecule has 0 aliphatic rings. The molecule has 1 heterocycles. The van der Waals surface area contributed by atoms with Gasteiger partial charge in [0.15, 0.2) is 0 Å². The van der Waals surface area contributed by atoms with Crippen molar-refractivity contribution >= 4 is 23.2 Å². The molecule has 2 amide bonds. The fourth-order valence-electron chi connectivity index (χ4n) is 1.28. The smallest absolute Gasteiger partial charge is 0.261 e. The van der Waals surface area contributed by atoms with Crippen molar-refractivity contribution in [3.05, 3.63) is 22.4 Å². The summed E-state index contributed by atoms with van der Waals surface area (Å²) >= 11 is 1.39. The van der Waals surface area contributed by atoms with E-state index in [1.165, 1.54) is 11.3 Å². The van der Waals surface area contributed by atoms with Crippen molar-refractivity contribution < 1.29 is 9.59 Å². The van der Waals surface area contributed by atoms with Crippen LogP contribution in [0.15, 0.2) is 17.5 Å². The molecule has 0 fully saturated rings. The molecule has 0 bridgehead atoms. The van der Waals surface area contributed by atoms with Gasteiger partial charge in [0.2, 0.25) is 5.91 Å². The normalized spacial score (nSPS) is 9.94. The summed E-state index contributed by atoms with van der Waals surface area (Å²) in [6.07, 6.45) is 2.39. The minimum Gasteiger partial charge on any atom is -0.356 e. The molecule has 0 radical (unpaired) electrons. The number of nitrogens with one attached hydrogen (secondary N) is 2. The summed E-state index contributed by atoms with van der Waals surface area (Å²) in [5, 5.41) is 7.38. The number of thiophene rings is 1. The van der Waals surface area contributed by atoms with Crippen LogP contribution in [0.3, 0.4) is 0 Å². The molecule has 0 aromatic carbocycles. The van der Waals surface area contributed by atoms with Crippen molar-refractivity contribution in [1.29, 1.82) is 0 Å². The number of hydrogen-bond acceptors (Lipinski definition) is 3. The van der Waals surface area contributed by atoms with Gasteiger partial charge in [0, 0.05) is 19.5 Å². The van der Waals surface area contributed by atoms with Crippen LogP contribution in [-0.4, -0.2) is 24.9 Å². The highest BCUT2D eigenvalue weighted by atomic mass is 32.1. The second kappa shape index (κ2) is 7.84. The number of amides is 2. The van der Waals surface area contributed by atoms with Crippen LogP contribution < -0.4 is 10.6 Å². The predicted molar refractivity (Wildman–Crippen MR) is 69.2 cm³/mol. The van der Waals surface area contributed by atoms with E-state index in [-0.39, 0.29) is 11.8 Å². The molecule has 0 atom stereocenters. The van der Waals surface area contributed by atoms with Gasteiger partial charge in [-0.2, -0.15) is 0 Å². The van der Waals surface area contributed by atoms with Gasteiger partial charge < -0.3 is 10.6 Å². The molecule has 4 nitrogen and oxygen atoms in total. The quantitative estimate of drug-likeness (QED) is 0.729. The van der Waals surface area contributed by atoms with E-state index in [9.17, 15) is 9.59 Å². The summed E-state index contributed by atoms with van der Waals surface area (Å²) in [5.41, 5.74) is 0. The van der Waals surface area contributed by atoms with E-state index in [2.05, 4.69) is 17.6 Å². The molecule has 0 aliphatic heterocycles. The Kier molecular flexibility index (Phi) is 6.32. The first kappa shape index (κ1) is 13.7. The van der Waals surface area contributed by atoms with Gasteiger partial charge in [-0.3, -0.25) is 9.59 Å². The Morgan fingerprint density at radius 1 is 1.29 bits per heavy atom. The van der Waals surface area contributed by atoms with Crippen LogP contribution in [0.1, 0.15) is 35.9 Å². The molecule has 0 unspecified atom stereocenters. The van der Waals surface area contributed by atoms with Crippen LogP contribution in [0, 0.1) is 0 Å². The van der Waals surface area contributed by atoms with Gasteiger partial charge in [-0.25, -0.2) is 0 Å². The lowest BCUT2D eigenvalue weighted by Gasteiger charge is -2.05. The molecule has 1 rings (SSSR count). The molecule has 17 heavy (non-hydrogen) atoms. The van der Waals surface area contributed by atoms with Crippen LogP contribution in [0.25, 0.3) is 0 Å². The topological polar surface area (TPSA) is 58.2 Å². The highest BCUT2D eigenvalue weighted by molar-refractivity contribution is 7.12. The zero-order chi connectivity index (χ0) is 12.5. The second-order valence-electron chi connectivity index (χ2n) is 3.69. The standard InChI is InChI=1S/C12H18N2O2S/c1-2-3-7-13-11(15)6-8-14-12(16)10-5-4-9-17-10/h4-5,9H,2-3,6-8H2,1H3,(H,13,15)(H,14,16). The van der Waals surface area contributed by atoms with Gasteiger partial charge in [0.1, 0.15) is 0 Å². The maximum absolute atomic E-state index is 11.5. The lowest BCUT2D eigenvalue weighted by Crippen LogP contribution is -2.30. The maximum Gasteiger partial charge on any atom is 0.261 e. The summed E-state index contributed by atoms with van der Waals surface area (Å²) in [6.45, 7) is 3.18. The fraction of sp³-hybridized carbons (Fsp3) is 0.500. The summed E-state index contributed by atoms with van der Waals surface area (Å²) in [7, 11) is 0. The zero-order valence-electron chi connectivity index (χ0n) is 9.99. The third kappa shape index (κ3) is 5.49. The Balaban J connectivity index is 2.11. The number of unbranched alkanes of at least 4 members (excludes halogenated alkanes) is 1. The van der Waals surface area contributed by atoms with Gasteiger partial charge in [0.25, 0.3) is 5.91 Å². The van der Waals surface area contributed by atoms with E-state index in [0.717, 1.165) is 12.8 Å². The minimum absolute atomic E-state index is 0.00932. The monoisotopic (exact) mass is 254 g/mol. The first-order chi connectivity index (χ1) is 8.24. The van der Waals surface area contributed by atoms with E-state index < -0.39 is 0 Å². The van der Waals surface area contributed by atoms with Crippen LogP contribution in [0.4, 0.5) is 0 Å². The summed E-state index contributed by atoms with van der Waals surface area (Å²) in [4.78, 5) is 23.5. The van der Waals surface area contributed by atoms with Gasteiger partial charge in [-0.15, -0.1) is 11.3 Å². The third-order valence-corrected chi connectivity index (χ3v) is 3.10. The van der Waals surface area contributed by atoms with E-state index in [0.29, 0.717) is 24.4 Å². The van der Waals surface area contributed by atoms with Crippen molar-refractivity contribution in [2.45, 2.75) is 26.2 Å². The third-order valence-electron chi connectivity index (χ3n) is 2.24. The van der Waals surface area contributed by atoms with Gasteiger partial charge >= 0.3 is 0 Å². The maximum atomic E-state index is 11.5. The van der Waals surface area contributed by atoms with Gasteiger partial charge in [-0.05, 0) is 17.9 Å². The molecule has 0 spiro atoms. The summed E-state index contributed by atoms with van der Waals surface area (Å²) < 4.78 is 0. The van der Waals surface area contributed by atoms with Crippen molar-refractivity contribution in [1.82, 2.24) is 10.6 Å². The second-order valence-corrected chi connectivity index (χ2v) is 4.63. The first-order valence-electron chi connectivity index (χ1n) is 5.82. The van der Waals surface area contributed by atoms with E-state index in [4.69, 9.17) is 0 Å². The molecule has 0 saturated carbocycles. The van der Waals surface area contributed by atoms with Gasteiger partial charge in [0.05, 0.1) is 4.88 Å². The van der Waals surface area contributed by atoms with E-state index >= 15 is 0 Å². The van der Waals surface area contributed by atoms with Crippen molar-refractivity contribution in [2.24, 2.45) is 0 Å². The average molecular weight is 254 g/mol. The predicted octanol–water partition coefficient (Wildman–Crippen LogP) is 1.78. The summed E-state index contributed by atoms with van der Waals surface area (Å²) in [5.74, 6) is -0.119. The van der Waals surface area contributed by atoms with E-state index in [1.807, 2.05) is 11.4 Å². The molecule has 1 aromatic rings. The van der Waals surface area contributed by atoms with Crippen molar-refractivity contribution in [2.75, 3.05) is 13.1 Å². The van der Waals surface area contributed by atoms with Crippen LogP contribution in [0.2, 0.25) is 0 Å². The molecular formula is C12H18N2O2S. The molecule has 5 heteroatoms. The number of carbonyl (C=O) groups excluding carboxylic acids is 2. The van der Waals surface area contributed by atoms with Crippen LogP contribution in [0.5, 0.6) is 0 Å².